The third-order valence-corrected chi connectivity index (χ3v) is 1.90. The van der Waals surface area contributed by atoms with Gasteiger partial charge < -0.3 is 15.2 Å². The summed E-state index contributed by atoms with van der Waals surface area (Å²) in [5, 5.41) is 11.4. The Morgan fingerprint density at radius 1 is 1.75 bits per heavy atom. The molecule has 4 heteroatoms. The highest BCUT2D eigenvalue weighted by Gasteiger charge is 2.19. The van der Waals surface area contributed by atoms with Gasteiger partial charge in [0.1, 0.15) is 0 Å². The van der Waals surface area contributed by atoms with Crippen molar-refractivity contribution >= 4 is 6.09 Å². The first-order chi connectivity index (χ1) is 5.76. The van der Waals surface area contributed by atoms with Crippen molar-refractivity contribution in [1.29, 1.82) is 0 Å². The Hall–Kier alpha value is -1.03. The van der Waals surface area contributed by atoms with Gasteiger partial charge in [0.2, 0.25) is 0 Å². The quantitative estimate of drug-likeness (QED) is 0.587. The minimum Gasteiger partial charge on any atom is -0.453 e. The fraction of sp³-hybridized carbons (Fsp3) is 0.625. The van der Waals surface area contributed by atoms with Gasteiger partial charge in [-0.2, -0.15) is 0 Å². The fourth-order valence-electron chi connectivity index (χ4n) is 1.23. The predicted molar refractivity (Wildman–Crippen MR) is 43.7 cm³/mol. The van der Waals surface area contributed by atoms with Gasteiger partial charge in [0.15, 0.2) is 0 Å². The maximum Gasteiger partial charge on any atom is 0.407 e. The number of carbonyl (C=O) groups is 1. The molecule has 12 heavy (non-hydrogen) atoms. The van der Waals surface area contributed by atoms with Gasteiger partial charge >= 0.3 is 6.09 Å². The van der Waals surface area contributed by atoms with Crippen molar-refractivity contribution in [3.8, 4) is 0 Å². The van der Waals surface area contributed by atoms with E-state index in [1.54, 1.807) is 0 Å². The zero-order chi connectivity index (χ0) is 8.97. The van der Waals surface area contributed by atoms with Crippen LogP contribution in [0.15, 0.2) is 12.2 Å². The molecule has 0 fully saturated rings. The molecule has 0 unspecified atom stereocenters. The molecular formula is C8H13NO3. The summed E-state index contributed by atoms with van der Waals surface area (Å²) in [6, 6.07) is 0.00889. The fourth-order valence-corrected chi connectivity index (χ4v) is 1.23. The Balaban J connectivity index is 2.29. The molecule has 2 atom stereocenters. The molecule has 0 aromatic carbocycles. The maximum atomic E-state index is 10.7. The van der Waals surface area contributed by atoms with E-state index in [2.05, 4.69) is 10.1 Å². The SMILES string of the molecule is COC(=O)N[C@H]1C=C[C@@H](CO)C1. The number of rotatable bonds is 2. The van der Waals surface area contributed by atoms with E-state index in [9.17, 15) is 4.79 Å². The standard InChI is InChI=1S/C8H13NO3/c1-12-8(11)9-7-3-2-6(4-7)5-10/h2-3,6-7,10H,4-5H2,1H3,(H,9,11)/t6-,7+/m1/s1. The molecule has 0 radical (unpaired) electrons. The molecular weight excluding hydrogens is 158 g/mol. The van der Waals surface area contributed by atoms with Gasteiger partial charge in [-0.1, -0.05) is 12.2 Å². The predicted octanol–water partition coefficient (Wildman–Crippen LogP) is 0.279. The lowest BCUT2D eigenvalue weighted by atomic mass is 10.1. The number of aliphatic hydroxyl groups is 1. The lowest BCUT2D eigenvalue weighted by Gasteiger charge is -2.10. The van der Waals surface area contributed by atoms with Crippen molar-refractivity contribution in [2.75, 3.05) is 13.7 Å². The van der Waals surface area contributed by atoms with Crippen LogP contribution in [0.4, 0.5) is 4.79 Å². The number of carbonyl (C=O) groups excluding carboxylic acids is 1. The zero-order valence-electron chi connectivity index (χ0n) is 6.99. The molecule has 1 aliphatic rings. The van der Waals surface area contributed by atoms with Crippen LogP contribution in [0.25, 0.3) is 0 Å². The van der Waals surface area contributed by atoms with Crippen molar-refractivity contribution in [2.45, 2.75) is 12.5 Å². The molecule has 0 saturated carbocycles. The van der Waals surface area contributed by atoms with Gasteiger partial charge in [0.05, 0.1) is 13.2 Å². The van der Waals surface area contributed by atoms with Crippen LogP contribution in [0.3, 0.4) is 0 Å². The Bertz CT molecular complexity index is 191. The van der Waals surface area contributed by atoms with E-state index in [1.165, 1.54) is 7.11 Å². The molecule has 0 spiro atoms. The molecule has 68 valence electrons. The summed E-state index contributed by atoms with van der Waals surface area (Å²) in [5.41, 5.74) is 0. The summed E-state index contributed by atoms with van der Waals surface area (Å²) >= 11 is 0. The summed E-state index contributed by atoms with van der Waals surface area (Å²) in [5.74, 6) is 0.173. The van der Waals surface area contributed by atoms with Crippen LogP contribution in [0, 0.1) is 5.92 Å². The van der Waals surface area contributed by atoms with Gasteiger partial charge in [-0.15, -0.1) is 0 Å². The summed E-state index contributed by atoms with van der Waals surface area (Å²) in [4.78, 5) is 10.7. The molecule has 0 heterocycles. The van der Waals surface area contributed by atoms with E-state index in [0.717, 1.165) is 6.42 Å². The molecule has 0 aromatic heterocycles. The Labute approximate surface area is 71.2 Å². The number of amides is 1. The second kappa shape index (κ2) is 4.11. The summed E-state index contributed by atoms with van der Waals surface area (Å²) in [6.07, 6.45) is 4.10. The molecule has 1 amide bonds. The molecule has 2 N–H and O–H groups in total. The van der Waals surface area contributed by atoms with E-state index in [1.807, 2.05) is 12.2 Å². The number of aliphatic hydroxyl groups excluding tert-OH is 1. The van der Waals surface area contributed by atoms with Crippen LogP contribution in [0.2, 0.25) is 0 Å². The third kappa shape index (κ3) is 2.23. The minimum atomic E-state index is -0.428. The average molecular weight is 171 g/mol. The van der Waals surface area contributed by atoms with Crippen LogP contribution >= 0.6 is 0 Å². The van der Waals surface area contributed by atoms with Gasteiger partial charge in [-0.05, 0) is 6.42 Å². The number of alkyl carbamates (subject to hydrolysis) is 1. The van der Waals surface area contributed by atoms with Crippen molar-refractivity contribution < 1.29 is 14.6 Å². The van der Waals surface area contributed by atoms with Crippen LogP contribution in [-0.4, -0.2) is 31.0 Å². The first-order valence-electron chi connectivity index (χ1n) is 3.90. The molecule has 1 rings (SSSR count). The van der Waals surface area contributed by atoms with Crippen LogP contribution in [-0.2, 0) is 4.74 Å². The molecule has 0 saturated heterocycles. The first kappa shape index (κ1) is 9.06. The number of ether oxygens (including phenoxy) is 1. The molecule has 0 aromatic rings. The Kier molecular flexibility index (Phi) is 3.10. The second-order valence-corrected chi connectivity index (χ2v) is 2.81. The van der Waals surface area contributed by atoms with Crippen molar-refractivity contribution in [2.24, 2.45) is 5.92 Å². The van der Waals surface area contributed by atoms with Crippen LogP contribution in [0.5, 0.6) is 0 Å². The number of methoxy groups -OCH3 is 1. The lowest BCUT2D eigenvalue weighted by Crippen LogP contribution is -2.32. The molecule has 1 aliphatic carbocycles. The monoisotopic (exact) mass is 171 g/mol. The largest absolute Gasteiger partial charge is 0.453 e. The van der Waals surface area contributed by atoms with Crippen molar-refractivity contribution in [1.82, 2.24) is 5.32 Å². The van der Waals surface area contributed by atoms with E-state index >= 15 is 0 Å². The lowest BCUT2D eigenvalue weighted by molar-refractivity contribution is 0.167. The number of hydrogen-bond donors (Lipinski definition) is 2. The summed E-state index contributed by atoms with van der Waals surface area (Å²) in [6.45, 7) is 0.135. The molecule has 4 nitrogen and oxygen atoms in total. The Morgan fingerprint density at radius 2 is 2.50 bits per heavy atom. The zero-order valence-corrected chi connectivity index (χ0v) is 6.99. The van der Waals surface area contributed by atoms with Gasteiger partial charge in [0.25, 0.3) is 0 Å². The molecule has 0 bridgehead atoms. The number of hydrogen-bond acceptors (Lipinski definition) is 3. The second-order valence-electron chi connectivity index (χ2n) is 2.81. The minimum absolute atomic E-state index is 0.00889. The number of nitrogens with one attached hydrogen (secondary N) is 1. The summed E-state index contributed by atoms with van der Waals surface area (Å²) < 4.78 is 4.43. The topological polar surface area (TPSA) is 58.6 Å². The van der Waals surface area contributed by atoms with Crippen molar-refractivity contribution in [3.63, 3.8) is 0 Å². The smallest absolute Gasteiger partial charge is 0.407 e. The normalized spacial score (nSPS) is 27.2. The third-order valence-electron chi connectivity index (χ3n) is 1.90. The van der Waals surface area contributed by atoms with Crippen molar-refractivity contribution in [3.05, 3.63) is 12.2 Å². The summed E-state index contributed by atoms with van der Waals surface area (Å²) in [7, 11) is 1.33. The van der Waals surface area contributed by atoms with Crippen LogP contribution in [0.1, 0.15) is 6.42 Å². The Morgan fingerprint density at radius 3 is 3.00 bits per heavy atom. The average Bonchev–Trinajstić information content (AvgIpc) is 2.52. The van der Waals surface area contributed by atoms with Gasteiger partial charge in [-0.3, -0.25) is 0 Å². The van der Waals surface area contributed by atoms with Gasteiger partial charge in [0, 0.05) is 12.5 Å². The van der Waals surface area contributed by atoms with E-state index < -0.39 is 6.09 Å². The van der Waals surface area contributed by atoms with Crippen LogP contribution < -0.4 is 5.32 Å². The van der Waals surface area contributed by atoms with E-state index in [4.69, 9.17) is 5.11 Å². The van der Waals surface area contributed by atoms with E-state index in [0.29, 0.717) is 0 Å². The van der Waals surface area contributed by atoms with Gasteiger partial charge in [-0.25, -0.2) is 4.79 Å². The highest BCUT2D eigenvalue weighted by molar-refractivity contribution is 5.67. The molecule has 0 aliphatic heterocycles. The van der Waals surface area contributed by atoms with E-state index in [-0.39, 0.29) is 18.6 Å². The first-order valence-corrected chi connectivity index (χ1v) is 3.90. The highest BCUT2D eigenvalue weighted by Crippen LogP contribution is 2.16. The highest BCUT2D eigenvalue weighted by atomic mass is 16.5. The maximum absolute atomic E-state index is 10.7.